The van der Waals surface area contributed by atoms with Crippen molar-refractivity contribution < 1.29 is 14.7 Å². The summed E-state index contributed by atoms with van der Waals surface area (Å²) in [5, 5.41) is 9.23. The summed E-state index contributed by atoms with van der Waals surface area (Å²) in [5.74, 6) is -1.37. The number of amides is 1. The molecule has 0 bridgehead atoms. The lowest BCUT2D eigenvalue weighted by molar-refractivity contribution is -0.156. The average Bonchev–Trinajstić information content (AvgIpc) is 2.21. The van der Waals surface area contributed by atoms with E-state index in [2.05, 4.69) is 0 Å². The Labute approximate surface area is 114 Å². The summed E-state index contributed by atoms with van der Waals surface area (Å²) in [6, 6.07) is 0.0640. The molecular weight excluding hydrogens is 250 g/mol. The van der Waals surface area contributed by atoms with Crippen molar-refractivity contribution in [3.8, 4) is 0 Å². The molecule has 0 fully saturated rings. The maximum atomic E-state index is 12.3. The minimum atomic E-state index is -1.04. The molecule has 4 nitrogen and oxygen atoms in total. The van der Waals surface area contributed by atoms with Gasteiger partial charge in [0.2, 0.25) is 5.91 Å². The van der Waals surface area contributed by atoms with Crippen LogP contribution in [-0.4, -0.2) is 47.0 Å². The summed E-state index contributed by atoms with van der Waals surface area (Å²) in [7, 11) is 1.69. The number of nitrogens with zero attached hydrogens (tertiary/aromatic N) is 1. The second kappa shape index (κ2) is 7.02. The molecule has 0 saturated carbocycles. The number of carbonyl (C=O) groups excluding carboxylic acids is 1. The number of rotatable bonds is 6. The summed E-state index contributed by atoms with van der Waals surface area (Å²) in [6.45, 7) is 7.30. The molecule has 1 amide bonds. The zero-order chi connectivity index (χ0) is 14.5. The van der Waals surface area contributed by atoms with Gasteiger partial charge in [-0.3, -0.25) is 9.59 Å². The second-order valence-corrected chi connectivity index (χ2v) is 6.70. The van der Waals surface area contributed by atoms with E-state index >= 15 is 0 Å². The van der Waals surface area contributed by atoms with E-state index in [0.29, 0.717) is 0 Å². The lowest BCUT2D eigenvalue weighted by Crippen LogP contribution is -2.46. The minimum absolute atomic E-state index is 0.0640. The SMILES string of the molecule is CSCCC(C)N(C)C(=O)C(C(=O)O)C(C)(C)C. The van der Waals surface area contributed by atoms with Gasteiger partial charge in [-0.1, -0.05) is 20.8 Å². The van der Waals surface area contributed by atoms with Crippen molar-refractivity contribution in [1.82, 2.24) is 4.90 Å². The number of carboxylic acid groups (broad SMARTS) is 1. The third kappa shape index (κ3) is 4.88. The Balaban J connectivity index is 4.83. The van der Waals surface area contributed by atoms with E-state index in [0.717, 1.165) is 12.2 Å². The fourth-order valence-corrected chi connectivity index (χ4v) is 2.33. The molecule has 0 aliphatic rings. The molecule has 0 rings (SSSR count). The number of thioether (sulfide) groups is 1. The van der Waals surface area contributed by atoms with Crippen molar-refractivity contribution in [2.45, 2.75) is 40.2 Å². The summed E-state index contributed by atoms with van der Waals surface area (Å²) < 4.78 is 0. The Morgan fingerprint density at radius 1 is 1.33 bits per heavy atom. The summed E-state index contributed by atoms with van der Waals surface area (Å²) in [6.07, 6.45) is 2.89. The fraction of sp³-hybridized carbons (Fsp3) is 0.846. The zero-order valence-electron chi connectivity index (χ0n) is 12.2. The first kappa shape index (κ1) is 17.3. The molecular formula is C13H25NO3S. The Kier molecular flexibility index (Phi) is 6.74. The van der Waals surface area contributed by atoms with Crippen LogP contribution >= 0.6 is 11.8 Å². The van der Waals surface area contributed by atoms with Crippen molar-refractivity contribution in [2.75, 3.05) is 19.1 Å². The molecule has 2 unspecified atom stereocenters. The van der Waals surface area contributed by atoms with Crippen LogP contribution in [0, 0.1) is 11.3 Å². The van der Waals surface area contributed by atoms with Crippen LogP contribution in [0.25, 0.3) is 0 Å². The molecule has 0 radical (unpaired) electrons. The molecule has 0 aliphatic heterocycles. The largest absolute Gasteiger partial charge is 0.481 e. The Morgan fingerprint density at radius 3 is 2.17 bits per heavy atom. The van der Waals surface area contributed by atoms with Gasteiger partial charge in [-0.15, -0.1) is 0 Å². The van der Waals surface area contributed by atoms with Crippen molar-refractivity contribution in [3.05, 3.63) is 0 Å². The van der Waals surface area contributed by atoms with Crippen LogP contribution in [0.4, 0.5) is 0 Å². The van der Waals surface area contributed by atoms with Crippen LogP contribution in [0.2, 0.25) is 0 Å². The summed E-state index contributed by atoms with van der Waals surface area (Å²) >= 11 is 1.73. The van der Waals surface area contributed by atoms with Crippen molar-refractivity contribution >= 4 is 23.6 Å². The highest BCUT2D eigenvalue weighted by Gasteiger charge is 2.40. The monoisotopic (exact) mass is 275 g/mol. The molecule has 5 heteroatoms. The fourth-order valence-electron chi connectivity index (χ4n) is 1.75. The van der Waals surface area contributed by atoms with E-state index in [-0.39, 0.29) is 11.9 Å². The quantitative estimate of drug-likeness (QED) is 0.756. The highest BCUT2D eigenvalue weighted by Crippen LogP contribution is 2.28. The van der Waals surface area contributed by atoms with Crippen LogP contribution in [0.5, 0.6) is 0 Å². The van der Waals surface area contributed by atoms with E-state index in [1.165, 1.54) is 0 Å². The molecule has 0 spiro atoms. The van der Waals surface area contributed by atoms with Gasteiger partial charge in [-0.2, -0.15) is 11.8 Å². The van der Waals surface area contributed by atoms with Crippen LogP contribution in [0.3, 0.4) is 0 Å². The lowest BCUT2D eigenvalue weighted by atomic mass is 9.79. The van der Waals surface area contributed by atoms with Gasteiger partial charge < -0.3 is 10.0 Å². The number of hydrogen-bond donors (Lipinski definition) is 1. The minimum Gasteiger partial charge on any atom is -0.481 e. The van der Waals surface area contributed by atoms with Gasteiger partial charge >= 0.3 is 5.97 Å². The molecule has 106 valence electrons. The number of hydrogen-bond acceptors (Lipinski definition) is 3. The molecule has 0 saturated heterocycles. The number of carboxylic acids is 1. The zero-order valence-corrected chi connectivity index (χ0v) is 13.0. The first-order valence-electron chi connectivity index (χ1n) is 6.11. The van der Waals surface area contributed by atoms with E-state index in [4.69, 9.17) is 0 Å². The van der Waals surface area contributed by atoms with Crippen molar-refractivity contribution in [3.63, 3.8) is 0 Å². The number of carbonyl (C=O) groups is 2. The Hall–Kier alpha value is -0.710. The van der Waals surface area contributed by atoms with Gasteiger partial charge in [0.1, 0.15) is 5.92 Å². The van der Waals surface area contributed by atoms with Crippen molar-refractivity contribution in [2.24, 2.45) is 11.3 Å². The van der Waals surface area contributed by atoms with Crippen LogP contribution in [0.1, 0.15) is 34.1 Å². The van der Waals surface area contributed by atoms with Gasteiger partial charge in [0.25, 0.3) is 0 Å². The molecule has 1 N–H and O–H groups in total. The Bertz CT molecular complexity index is 299. The third-order valence-electron chi connectivity index (χ3n) is 3.11. The van der Waals surface area contributed by atoms with E-state index < -0.39 is 17.3 Å². The molecule has 2 atom stereocenters. The first-order chi connectivity index (χ1) is 8.12. The van der Waals surface area contributed by atoms with E-state index in [1.54, 1.807) is 44.5 Å². The van der Waals surface area contributed by atoms with Crippen LogP contribution in [-0.2, 0) is 9.59 Å². The standard InChI is InChI=1S/C13H25NO3S/c1-9(7-8-18-6)14(5)11(15)10(12(16)17)13(2,3)4/h9-10H,7-8H2,1-6H3,(H,16,17). The van der Waals surface area contributed by atoms with Gasteiger partial charge in [-0.05, 0) is 30.8 Å². The van der Waals surface area contributed by atoms with Crippen molar-refractivity contribution in [1.29, 1.82) is 0 Å². The normalized spacial score (nSPS) is 15.0. The van der Waals surface area contributed by atoms with Crippen LogP contribution < -0.4 is 0 Å². The van der Waals surface area contributed by atoms with Crippen LogP contribution in [0.15, 0.2) is 0 Å². The first-order valence-corrected chi connectivity index (χ1v) is 7.50. The molecule has 0 heterocycles. The maximum Gasteiger partial charge on any atom is 0.316 e. The van der Waals surface area contributed by atoms with E-state index in [1.807, 2.05) is 13.2 Å². The highest BCUT2D eigenvalue weighted by molar-refractivity contribution is 7.98. The molecule has 0 aromatic carbocycles. The van der Waals surface area contributed by atoms with Gasteiger partial charge in [0, 0.05) is 13.1 Å². The molecule has 18 heavy (non-hydrogen) atoms. The molecule has 0 aromatic heterocycles. The average molecular weight is 275 g/mol. The third-order valence-corrected chi connectivity index (χ3v) is 3.75. The maximum absolute atomic E-state index is 12.3. The van der Waals surface area contributed by atoms with E-state index in [9.17, 15) is 14.7 Å². The second-order valence-electron chi connectivity index (χ2n) is 5.72. The topological polar surface area (TPSA) is 57.6 Å². The van der Waals surface area contributed by atoms with Gasteiger partial charge in [0.15, 0.2) is 0 Å². The van der Waals surface area contributed by atoms with Gasteiger partial charge in [0.05, 0.1) is 0 Å². The summed E-state index contributed by atoms with van der Waals surface area (Å²) in [4.78, 5) is 25.1. The molecule has 0 aromatic rings. The summed E-state index contributed by atoms with van der Waals surface area (Å²) in [5.41, 5.74) is -0.573. The number of aliphatic carboxylic acids is 1. The predicted octanol–water partition coefficient (Wildman–Crippen LogP) is 2.33. The van der Waals surface area contributed by atoms with Gasteiger partial charge in [-0.25, -0.2) is 0 Å². The molecule has 0 aliphatic carbocycles. The highest BCUT2D eigenvalue weighted by atomic mass is 32.2. The lowest BCUT2D eigenvalue weighted by Gasteiger charge is -2.33. The Morgan fingerprint density at radius 2 is 1.83 bits per heavy atom. The smallest absolute Gasteiger partial charge is 0.316 e. The predicted molar refractivity (Wildman–Crippen MR) is 75.8 cm³/mol.